The number of aromatic nitrogens is 1. The van der Waals surface area contributed by atoms with Crippen molar-refractivity contribution in [1.82, 2.24) is 9.88 Å². The van der Waals surface area contributed by atoms with Crippen LogP contribution in [0, 0.1) is 11.8 Å². The summed E-state index contributed by atoms with van der Waals surface area (Å²) in [5.74, 6) is -1.11. The van der Waals surface area contributed by atoms with Crippen molar-refractivity contribution < 1.29 is 14.4 Å². The number of carbonyl (C=O) groups is 3. The highest BCUT2D eigenvalue weighted by Crippen LogP contribution is 2.44. The van der Waals surface area contributed by atoms with Crippen LogP contribution in [0.4, 0.5) is 5.13 Å². The van der Waals surface area contributed by atoms with Gasteiger partial charge >= 0.3 is 0 Å². The Morgan fingerprint density at radius 1 is 1.15 bits per heavy atom. The number of carbonyl (C=O) groups excluding carboxylic acids is 3. The maximum Gasteiger partial charge on any atom is 0.246 e. The Bertz CT molecular complexity index is 822. The molecule has 2 heterocycles. The number of amides is 3. The molecule has 1 aliphatic heterocycles. The van der Waals surface area contributed by atoms with Crippen molar-refractivity contribution in [2.45, 2.75) is 25.2 Å². The molecule has 0 radical (unpaired) electrons. The summed E-state index contributed by atoms with van der Waals surface area (Å²) >= 11 is 1.30. The van der Waals surface area contributed by atoms with E-state index in [1.54, 1.807) is 11.6 Å². The van der Waals surface area contributed by atoms with Gasteiger partial charge in [-0.25, -0.2) is 4.98 Å². The number of hydrogen-bond acceptors (Lipinski definition) is 5. The fourth-order valence-corrected chi connectivity index (χ4v) is 4.56. The molecule has 26 heavy (non-hydrogen) atoms. The van der Waals surface area contributed by atoms with E-state index in [0.29, 0.717) is 23.9 Å². The first-order valence-electron chi connectivity index (χ1n) is 8.73. The van der Waals surface area contributed by atoms with Gasteiger partial charge in [-0.05, 0) is 30.7 Å². The third-order valence-corrected chi connectivity index (χ3v) is 5.96. The first-order valence-corrected chi connectivity index (χ1v) is 9.61. The van der Waals surface area contributed by atoms with E-state index in [9.17, 15) is 14.4 Å². The first-order chi connectivity index (χ1) is 12.6. The summed E-state index contributed by atoms with van der Waals surface area (Å²) in [6, 6.07) is 10.1. The maximum absolute atomic E-state index is 12.8. The lowest BCUT2D eigenvalue weighted by atomic mass is 9.73. The SMILES string of the molecule is O=C(CN1C(=O)[C@@H]2CC[C@H](c3ccccc3)C[C@H]2C1=O)Nc1nccs1. The van der Waals surface area contributed by atoms with Crippen molar-refractivity contribution in [3.8, 4) is 0 Å². The fourth-order valence-electron chi connectivity index (χ4n) is 4.02. The minimum atomic E-state index is -0.389. The van der Waals surface area contributed by atoms with Crippen molar-refractivity contribution in [3.63, 3.8) is 0 Å². The molecule has 1 saturated carbocycles. The Balaban J connectivity index is 1.44. The van der Waals surface area contributed by atoms with Crippen LogP contribution in [0.5, 0.6) is 0 Å². The molecular weight excluding hydrogens is 350 g/mol. The van der Waals surface area contributed by atoms with Crippen molar-refractivity contribution in [2.24, 2.45) is 11.8 Å². The average Bonchev–Trinajstić information content (AvgIpc) is 3.25. The summed E-state index contributed by atoms with van der Waals surface area (Å²) in [6.45, 7) is -0.236. The summed E-state index contributed by atoms with van der Waals surface area (Å²) < 4.78 is 0. The van der Waals surface area contributed by atoms with Gasteiger partial charge in [-0.1, -0.05) is 30.3 Å². The zero-order chi connectivity index (χ0) is 18.1. The number of fused-ring (bicyclic) bond motifs is 1. The van der Waals surface area contributed by atoms with Crippen molar-refractivity contribution in [1.29, 1.82) is 0 Å². The quantitative estimate of drug-likeness (QED) is 0.841. The molecule has 3 atom stereocenters. The Hall–Kier alpha value is -2.54. The summed E-state index contributed by atoms with van der Waals surface area (Å²) in [6.07, 6.45) is 3.84. The van der Waals surface area contributed by atoms with Gasteiger partial charge < -0.3 is 5.32 Å². The van der Waals surface area contributed by atoms with E-state index in [-0.39, 0.29) is 36.1 Å². The molecule has 2 aliphatic rings. The maximum atomic E-state index is 12.8. The molecule has 0 bridgehead atoms. The molecule has 2 fully saturated rings. The second kappa shape index (κ2) is 6.99. The Morgan fingerprint density at radius 2 is 1.92 bits per heavy atom. The van der Waals surface area contributed by atoms with E-state index in [1.165, 1.54) is 16.9 Å². The van der Waals surface area contributed by atoms with E-state index >= 15 is 0 Å². The van der Waals surface area contributed by atoms with Crippen molar-refractivity contribution >= 4 is 34.2 Å². The molecule has 6 nitrogen and oxygen atoms in total. The average molecular weight is 369 g/mol. The predicted octanol–water partition coefficient (Wildman–Crippen LogP) is 2.65. The van der Waals surface area contributed by atoms with Gasteiger partial charge in [0, 0.05) is 11.6 Å². The Morgan fingerprint density at radius 3 is 2.65 bits per heavy atom. The van der Waals surface area contributed by atoms with Gasteiger partial charge in [0.1, 0.15) is 6.54 Å². The summed E-state index contributed by atoms with van der Waals surface area (Å²) in [4.78, 5) is 42.7. The zero-order valence-corrected chi connectivity index (χ0v) is 14.9. The van der Waals surface area contributed by atoms with Crippen LogP contribution in [0.3, 0.4) is 0 Å². The third kappa shape index (κ3) is 3.14. The third-order valence-electron chi connectivity index (χ3n) is 5.27. The number of anilines is 1. The van der Waals surface area contributed by atoms with Crippen molar-refractivity contribution in [3.05, 3.63) is 47.5 Å². The molecule has 3 amide bonds. The molecule has 1 aliphatic carbocycles. The predicted molar refractivity (Wildman–Crippen MR) is 97.5 cm³/mol. The van der Waals surface area contributed by atoms with Gasteiger partial charge in [-0.15, -0.1) is 11.3 Å². The lowest BCUT2D eigenvalue weighted by Gasteiger charge is -2.28. The second-order valence-corrected chi connectivity index (χ2v) is 7.68. The van der Waals surface area contributed by atoms with Gasteiger partial charge in [-0.2, -0.15) is 0 Å². The number of thiazole rings is 1. The molecule has 1 aromatic heterocycles. The van der Waals surface area contributed by atoms with E-state index < -0.39 is 0 Å². The lowest BCUT2D eigenvalue weighted by Crippen LogP contribution is -2.38. The molecule has 1 N–H and O–H groups in total. The van der Waals surface area contributed by atoms with Crippen molar-refractivity contribution in [2.75, 3.05) is 11.9 Å². The largest absolute Gasteiger partial charge is 0.300 e. The van der Waals surface area contributed by atoms with Crippen LogP contribution in [0.25, 0.3) is 0 Å². The number of likely N-dealkylation sites (tertiary alicyclic amines) is 1. The molecule has 1 saturated heterocycles. The monoisotopic (exact) mass is 369 g/mol. The van der Waals surface area contributed by atoms with Gasteiger partial charge in [0.2, 0.25) is 17.7 Å². The van der Waals surface area contributed by atoms with Crippen LogP contribution in [0.2, 0.25) is 0 Å². The molecule has 0 unspecified atom stereocenters. The molecule has 4 rings (SSSR count). The number of nitrogens with zero attached hydrogens (tertiary/aromatic N) is 2. The molecular formula is C19H19N3O3S. The van der Waals surface area contributed by atoms with Crippen LogP contribution < -0.4 is 5.32 Å². The Labute approximate surface area is 155 Å². The van der Waals surface area contributed by atoms with E-state index in [4.69, 9.17) is 0 Å². The number of hydrogen-bond donors (Lipinski definition) is 1. The minimum Gasteiger partial charge on any atom is -0.300 e. The van der Waals surface area contributed by atoms with E-state index in [1.807, 2.05) is 18.2 Å². The first kappa shape index (κ1) is 16.9. The van der Waals surface area contributed by atoms with Gasteiger partial charge in [0.25, 0.3) is 0 Å². The molecule has 7 heteroatoms. The summed E-state index contributed by atoms with van der Waals surface area (Å²) in [5.41, 5.74) is 1.21. The highest BCUT2D eigenvalue weighted by Gasteiger charge is 2.50. The van der Waals surface area contributed by atoms with E-state index in [2.05, 4.69) is 22.4 Å². The van der Waals surface area contributed by atoms with Crippen LogP contribution in [-0.4, -0.2) is 34.2 Å². The minimum absolute atomic E-state index is 0.208. The smallest absolute Gasteiger partial charge is 0.246 e. The lowest BCUT2D eigenvalue weighted by molar-refractivity contribution is -0.142. The van der Waals surface area contributed by atoms with E-state index in [0.717, 1.165) is 11.3 Å². The van der Waals surface area contributed by atoms with Gasteiger partial charge in [0.05, 0.1) is 11.8 Å². The van der Waals surface area contributed by atoms with Crippen LogP contribution >= 0.6 is 11.3 Å². The number of rotatable bonds is 4. The molecule has 0 spiro atoms. The number of nitrogens with one attached hydrogen (secondary N) is 1. The number of benzene rings is 1. The highest BCUT2D eigenvalue weighted by atomic mass is 32.1. The highest BCUT2D eigenvalue weighted by molar-refractivity contribution is 7.13. The number of imide groups is 1. The molecule has 134 valence electrons. The van der Waals surface area contributed by atoms with Crippen LogP contribution in [0.15, 0.2) is 41.9 Å². The van der Waals surface area contributed by atoms with Crippen LogP contribution in [-0.2, 0) is 14.4 Å². The normalized spacial score (nSPS) is 25.2. The second-order valence-electron chi connectivity index (χ2n) is 6.78. The zero-order valence-electron chi connectivity index (χ0n) is 14.1. The molecule has 1 aromatic carbocycles. The fraction of sp³-hybridized carbons (Fsp3) is 0.368. The molecule has 2 aromatic rings. The Kier molecular flexibility index (Phi) is 4.55. The summed E-state index contributed by atoms with van der Waals surface area (Å²) in [7, 11) is 0. The van der Waals surface area contributed by atoms with Gasteiger partial charge in [0.15, 0.2) is 5.13 Å². The summed E-state index contributed by atoms with van der Waals surface area (Å²) in [5, 5.41) is 4.85. The topological polar surface area (TPSA) is 79.4 Å². The van der Waals surface area contributed by atoms with Gasteiger partial charge in [-0.3, -0.25) is 19.3 Å². The standard InChI is InChI=1S/C19H19N3O3S/c23-16(21-19-20-8-9-26-19)11-22-17(24)14-7-6-13(10-15(14)18(22)25)12-4-2-1-3-5-12/h1-5,8-9,13-15H,6-7,10-11H2,(H,20,21,23)/t13-,14+,15+/m0/s1. The van der Waals surface area contributed by atoms with Crippen LogP contribution in [0.1, 0.15) is 30.7 Å².